The molecule has 0 fully saturated rings. The summed E-state index contributed by atoms with van der Waals surface area (Å²) in [5.74, 6) is 1.55. The predicted octanol–water partition coefficient (Wildman–Crippen LogP) is 1.78. The molecule has 0 atom stereocenters. The van der Waals surface area contributed by atoms with E-state index in [0.717, 1.165) is 29.8 Å². The number of fused-ring (bicyclic) bond motifs is 2. The van der Waals surface area contributed by atoms with Gasteiger partial charge >= 0.3 is 0 Å². The molecule has 84 valence electrons. The van der Waals surface area contributed by atoms with E-state index in [0.29, 0.717) is 12.3 Å². The van der Waals surface area contributed by atoms with Crippen LogP contribution in [0, 0.1) is 0 Å². The summed E-state index contributed by atoms with van der Waals surface area (Å²) in [7, 11) is 0. The highest BCUT2D eigenvalue weighted by Gasteiger charge is 2.30. The van der Waals surface area contributed by atoms with Crippen LogP contribution >= 0.6 is 0 Å². The van der Waals surface area contributed by atoms with Gasteiger partial charge in [0.05, 0.1) is 0 Å². The summed E-state index contributed by atoms with van der Waals surface area (Å²) >= 11 is 0. The molecule has 2 aliphatic rings. The minimum Gasteiger partial charge on any atom is -0.454 e. The maximum Gasteiger partial charge on any atom is 0.254 e. The molecule has 1 aromatic rings. The number of rotatable bonds is 2. The summed E-state index contributed by atoms with van der Waals surface area (Å²) in [5, 5.41) is 0. The minimum atomic E-state index is 0.107. The topological polar surface area (TPSA) is 38.8 Å². The van der Waals surface area contributed by atoms with Crippen molar-refractivity contribution < 1.29 is 14.3 Å². The van der Waals surface area contributed by atoms with Crippen LogP contribution < -0.4 is 9.47 Å². The summed E-state index contributed by atoms with van der Waals surface area (Å²) in [4.78, 5) is 13.9. The Hall–Kier alpha value is -1.71. The summed E-state index contributed by atoms with van der Waals surface area (Å²) < 4.78 is 10.6. The molecule has 4 heteroatoms. The maximum absolute atomic E-state index is 12.0. The summed E-state index contributed by atoms with van der Waals surface area (Å²) in [6.07, 6.45) is 0.979. The van der Waals surface area contributed by atoms with Crippen LogP contribution in [0.1, 0.15) is 29.3 Å². The molecule has 0 aliphatic carbocycles. The fourth-order valence-electron chi connectivity index (χ4n) is 2.21. The number of carbonyl (C=O) groups excluding carboxylic acids is 1. The van der Waals surface area contributed by atoms with Gasteiger partial charge < -0.3 is 14.4 Å². The standard InChI is InChI=1S/C12H13NO3/c1-2-3-13-6-8-4-10-11(16-7-15-10)5-9(8)12(13)14/h4-5H,2-3,6-7H2,1H3. The van der Waals surface area contributed by atoms with Gasteiger partial charge in [0, 0.05) is 18.7 Å². The molecule has 0 radical (unpaired) electrons. The van der Waals surface area contributed by atoms with Gasteiger partial charge in [-0.05, 0) is 24.1 Å². The smallest absolute Gasteiger partial charge is 0.254 e. The quantitative estimate of drug-likeness (QED) is 0.761. The van der Waals surface area contributed by atoms with Gasteiger partial charge in [0.25, 0.3) is 5.91 Å². The van der Waals surface area contributed by atoms with E-state index in [9.17, 15) is 4.79 Å². The number of ether oxygens (including phenoxy) is 2. The molecular formula is C12H13NO3. The molecule has 0 bridgehead atoms. The molecule has 2 aliphatic heterocycles. The first-order valence-electron chi connectivity index (χ1n) is 5.51. The summed E-state index contributed by atoms with van der Waals surface area (Å²) in [5.41, 5.74) is 1.81. The van der Waals surface area contributed by atoms with Crippen molar-refractivity contribution in [3.8, 4) is 11.5 Å². The van der Waals surface area contributed by atoms with Crippen LogP contribution in [0.2, 0.25) is 0 Å². The first-order valence-corrected chi connectivity index (χ1v) is 5.51. The van der Waals surface area contributed by atoms with Crippen LogP contribution in [0.4, 0.5) is 0 Å². The van der Waals surface area contributed by atoms with Gasteiger partial charge in [-0.2, -0.15) is 0 Å². The Kier molecular flexibility index (Phi) is 2.02. The van der Waals surface area contributed by atoms with Gasteiger partial charge in [-0.15, -0.1) is 0 Å². The normalized spacial score (nSPS) is 16.8. The van der Waals surface area contributed by atoms with Crippen LogP contribution in [0.3, 0.4) is 0 Å². The largest absolute Gasteiger partial charge is 0.454 e. The van der Waals surface area contributed by atoms with E-state index in [-0.39, 0.29) is 12.7 Å². The Morgan fingerprint density at radius 2 is 2.06 bits per heavy atom. The number of nitrogens with zero attached hydrogens (tertiary/aromatic N) is 1. The number of hydrogen-bond acceptors (Lipinski definition) is 3. The molecule has 4 nitrogen and oxygen atoms in total. The molecule has 16 heavy (non-hydrogen) atoms. The first kappa shape index (κ1) is 9.51. The van der Waals surface area contributed by atoms with E-state index >= 15 is 0 Å². The molecule has 1 aromatic carbocycles. The number of benzene rings is 1. The number of amides is 1. The zero-order chi connectivity index (χ0) is 11.1. The predicted molar refractivity (Wildman–Crippen MR) is 57.6 cm³/mol. The van der Waals surface area contributed by atoms with E-state index in [2.05, 4.69) is 6.92 Å². The van der Waals surface area contributed by atoms with E-state index in [1.165, 1.54) is 0 Å². The average molecular weight is 219 g/mol. The Balaban J connectivity index is 1.98. The van der Waals surface area contributed by atoms with E-state index in [1.807, 2.05) is 11.0 Å². The SMILES string of the molecule is CCCN1Cc2cc3c(cc2C1=O)OCO3. The molecule has 0 spiro atoms. The van der Waals surface area contributed by atoms with Gasteiger partial charge in [0.1, 0.15) is 0 Å². The Bertz CT molecular complexity index is 456. The second kappa shape index (κ2) is 3.40. The molecule has 0 N–H and O–H groups in total. The van der Waals surface area contributed by atoms with Gasteiger partial charge in [-0.1, -0.05) is 6.92 Å². The van der Waals surface area contributed by atoms with Gasteiger partial charge in [-0.25, -0.2) is 0 Å². The van der Waals surface area contributed by atoms with Crippen molar-refractivity contribution in [2.24, 2.45) is 0 Å². The first-order chi connectivity index (χ1) is 7.79. The fourth-order valence-corrected chi connectivity index (χ4v) is 2.21. The highest BCUT2D eigenvalue weighted by Crippen LogP contribution is 2.37. The van der Waals surface area contributed by atoms with E-state index < -0.39 is 0 Å². The zero-order valence-electron chi connectivity index (χ0n) is 9.16. The van der Waals surface area contributed by atoms with Crippen LogP contribution in [0.5, 0.6) is 11.5 Å². The van der Waals surface area contributed by atoms with Crippen molar-refractivity contribution >= 4 is 5.91 Å². The van der Waals surface area contributed by atoms with Gasteiger partial charge in [0.2, 0.25) is 6.79 Å². The van der Waals surface area contributed by atoms with Crippen molar-refractivity contribution in [1.82, 2.24) is 4.90 Å². The molecule has 2 heterocycles. The lowest BCUT2D eigenvalue weighted by Gasteiger charge is -2.13. The molecule has 0 unspecified atom stereocenters. The third-order valence-electron chi connectivity index (χ3n) is 2.97. The van der Waals surface area contributed by atoms with Crippen molar-refractivity contribution in [3.63, 3.8) is 0 Å². The number of carbonyl (C=O) groups is 1. The zero-order valence-corrected chi connectivity index (χ0v) is 9.16. The summed E-state index contributed by atoms with van der Waals surface area (Å²) in [6, 6.07) is 3.72. The lowest BCUT2D eigenvalue weighted by Crippen LogP contribution is -2.24. The van der Waals surface area contributed by atoms with Crippen molar-refractivity contribution in [3.05, 3.63) is 23.3 Å². The maximum atomic E-state index is 12.0. The van der Waals surface area contributed by atoms with E-state index in [4.69, 9.17) is 9.47 Å². The number of hydrogen-bond donors (Lipinski definition) is 0. The van der Waals surface area contributed by atoms with E-state index in [1.54, 1.807) is 6.07 Å². The van der Waals surface area contributed by atoms with Gasteiger partial charge in [-0.3, -0.25) is 4.79 Å². The van der Waals surface area contributed by atoms with Crippen LogP contribution in [0.25, 0.3) is 0 Å². The summed E-state index contributed by atoms with van der Waals surface area (Å²) in [6.45, 7) is 3.83. The lowest BCUT2D eigenvalue weighted by molar-refractivity contribution is 0.0778. The molecule has 1 amide bonds. The fraction of sp³-hybridized carbons (Fsp3) is 0.417. The second-order valence-corrected chi connectivity index (χ2v) is 4.09. The third-order valence-corrected chi connectivity index (χ3v) is 2.97. The van der Waals surface area contributed by atoms with Crippen LogP contribution in [-0.4, -0.2) is 24.1 Å². The Morgan fingerprint density at radius 1 is 1.31 bits per heavy atom. The monoisotopic (exact) mass is 219 g/mol. The lowest BCUT2D eigenvalue weighted by atomic mass is 10.1. The van der Waals surface area contributed by atoms with Gasteiger partial charge in [0.15, 0.2) is 11.5 Å². The van der Waals surface area contributed by atoms with Crippen molar-refractivity contribution in [2.75, 3.05) is 13.3 Å². The molecule has 3 rings (SSSR count). The third kappa shape index (κ3) is 1.26. The van der Waals surface area contributed by atoms with Crippen molar-refractivity contribution in [2.45, 2.75) is 19.9 Å². The molecule has 0 saturated heterocycles. The highest BCUT2D eigenvalue weighted by molar-refractivity contribution is 5.99. The Labute approximate surface area is 93.8 Å². The second-order valence-electron chi connectivity index (χ2n) is 4.09. The Morgan fingerprint density at radius 3 is 2.81 bits per heavy atom. The molecule has 0 saturated carbocycles. The highest BCUT2D eigenvalue weighted by atomic mass is 16.7. The minimum absolute atomic E-state index is 0.107. The average Bonchev–Trinajstić information content (AvgIpc) is 2.83. The van der Waals surface area contributed by atoms with Crippen LogP contribution in [-0.2, 0) is 6.54 Å². The molecule has 0 aromatic heterocycles. The van der Waals surface area contributed by atoms with Crippen LogP contribution in [0.15, 0.2) is 12.1 Å². The molecular weight excluding hydrogens is 206 g/mol. The van der Waals surface area contributed by atoms with Crippen molar-refractivity contribution in [1.29, 1.82) is 0 Å².